The van der Waals surface area contributed by atoms with Crippen molar-refractivity contribution in [1.29, 1.82) is 0 Å². The lowest BCUT2D eigenvalue weighted by Gasteiger charge is -2.34. The molecule has 1 amide bonds. The predicted molar refractivity (Wildman–Crippen MR) is 75.3 cm³/mol. The van der Waals surface area contributed by atoms with Gasteiger partial charge in [0.2, 0.25) is 5.91 Å². The van der Waals surface area contributed by atoms with Gasteiger partial charge in [0.05, 0.1) is 6.54 Å². The largest absolute Gasteiger partial charge is 0.341 e. The van der Waals surface area contributed by atoms with E-state index in [4.69, 9.17) is 5.73 Å². The summed E-state index contributed by atoms with van der Waals surface area (Å²) in [7, 11) is 2.00. The van der Waals surface area contributed by atoms with Gasteiger partial charge < -0.3 is 10.6 Å². The first-order chi connectivity index (χ1) is 8.34. The van der Waals surface area contributed by atoms with Crippen molar-refractivity contribution in [3.05, 3.63) is 0 Å². The summed E-state index contributed by atoms with van der Waals surface area (Å²) in [4.78, 5) is 16.3. The highest BCUT2D eigenvalue weighted by molar-refractivity contribution is 5.78. The van der Waals surface area contributed by atoms with Gasteiger partial charge in [-0.2, -0.15) is 0 Å². The fourth-order valence-corrected chi connectivity index (χ4v) is 2.60. The van der Waals surface area contributed by atoms with E-state index in [9.17, 15) is 4.79 Å². The van der Waals surface area contributed by atoms with Gasteiger partial charge in [-0.1, -0.05) is 20.8 Å². The predicted octanol–water partition coefficient (Wildman–Crippen LogP) is 1.16. The summed E-state index contributed by atoms with van der Waals surface area (Å²) in [5.74, 6) is 0.908. The lowest BCUT2D eigenvalue weighted by molar-refractivity contribution is -0.134. The molecule has 18 heavy (non-hydrogen) atoms. The first-order valence-electron chi connectivity index (χ1n) is 7.00. The van der Waals surface area contributed by atoms with Crippen molar-refractivity contribution in [3.8, 4) is 0 Å². The fourth-order valence-electron chi connectivity index (χ4n) is 2.60. The van der Waals surface area contributed by atoms with Crippen LogP contribution in [0.25, 0.3) is 0 Å². The van der Waals surface area contributed by atoms with Crippen LogP contribution in [0.15, 0.2) is 0 Å². The van der Waals surface area contributed by atoms with E-state index < -0.39 is 0 Å². The van der Waals surface area contributed by atoms with Gasteiger partial charge in [0.25, 0.3) is 0 Å². The molecule has 0 saturated carbocycles. The second kappa shape index (κ2) is 6.53. The number of hydrogen-bond acceptors (Lipinski definition) is 3. The highest BCUT2D eigenvalue weighted by Crippen LogP contribution is 2.17. The van der Waals surface area contributed by atoms with Gasteiger partial charge in [0.15, 0.2) is 0 Å². The van der Waals surface area contributed by atoms with Crippen LogP contribution in [0, 0.1) is 11.3 Å². The van der Waals surface area contributed by atoms with E-state index in [1.54, 1.807) is 0 Å². The van der Waals surface area contributed by atoms with Gasteiger partial charge in [-0.3, -0.25) is 9.69 Å². The minimum Gasteiger partial charge on any atom is -0.341 e. The summed E-state index contributed by atoms with van der Waals surface area (Å²) in [5.41, 5.74) is 5.80. The number of amides is 1. The Morgan fingerprint density at radius 2 is 2.17 bits per heavy atom. The third-order valence-corrected chi connectivity index (χ3v) is 3.67. The van der Waals surface area contributed by atoms with Crippen molar-refractivity contribution >= 4 is 5.91 Å². The number of hydrogen-bond donors (Lipinski definition) is 1. The third-order valence-electron chi connectivity index (χ3n) is 3.67. The molecule has 0 aromatic rings. The number of rotatable bonds is 5. The average Bonchev–Trinajstić information content (AvgIpc) is 2.28. The van der Waals surface area contributed by atoms with Gasteiger partial charge in [-0.25, -0.2) is 0 Å². The van der Waals surface area contributed by atoms with Crippen molar-refractivity contribution in [2.75, 3.05) is 39.8 Å². The van der Waals surface area contributed by atoms with E-state index in [0.717, 1.165) is 26.1 Å². The molecule has 2 N–H and O–H groups in total. The van der Waals surface area contributed by atoms with Crippen LogP contribution in [0.4, 0.5) is 0 Å². The normalized spacial score (nSPS) is 21.4. The molecule has 1 heterocycles. The Bertz CT molecular complexity index is 278. The Hall–Kier alpha value is -0.610. The van der Waals surface area contributed by atoms with Crippen LogP contribution in [0.2, 0.25) is 0 Å². The summed E-state index contributed by atoms with van der Waals surface area (Å²) in [6, 6.07) is 0. The molecule has 0 radical (unpaired) electrons. The molecule has 1 aliphatic heterocycles. The minimum atomic E-state index is 0.0736. The molecular weight excluding hydrogens is 226 g/mol. The number of nitrogens with zero attached hydrogens (tertiary/aromatic N) is 2. The van der Waals surface area contributed by atoms with Gasteiger partial charge in [0.1, 0.15) is 0 Å². The zero-order valence-corrected chi connectivity index (χ0v) is 12.4. The molecule has 4 heteroatoms. The topological polar surface area (TPSA) is 49.6 Å². The number of piperidine rings is 1. The number of likely N-dealkylation sites (tertiary alicyclic amines) is 1. The number of likely N-dealkylation sites (N-methyl/N-ethyl adjacent to an activating group) is 1. The maximum absolute atomic E-state index is 12.2. The fraction of sp³-hybridized carbons (Fsp3) is 0.929. The maximum Gasteiger partial charge on any atom is 0.236 e. The number of carbonyl (C=O) groups excluding carboxylic acids is 1. The second-order valence-corrected chi connectivity index (χ2v) is 6.63. The molecule has 1 atom stereocenters. The second-order valence-electron chi connectivity index (χ2n) is 6.63. The molecule has 1 fully saturated rings. The quantitative estimate of drug-likeness (QED) is 0.802. The van der Waals surface area contributed by atoms with Crippen LogP contribution in [0.1, 0.15) is 33.6 Å². The number of carbonyl (C=O) groups is 1. The Kier molecular flexibility index (Phi) is 5.60. The first kappa shape index (κ1) is 15.4. The monoisotopic (exact) mass is 255 g/mol. The summed E-state index contributed by atoms with van der Waals surface area (Å²) in [6.45, 7) is 10.4. The minimum absolute atomic E-state index is 0.0736. The van der Waals surface area contributed by atoms with Gasteiger partial charge >= 0.3 is 0 Å². The lowest BCUT2D eigenvalue weighted by Crippen LogP contribution is -2.46. The highest BCUT2D eigenvalue weighted by atomic mass is 16.2. The van der Waals surface area contributed by atoms with E-state index >= 15 is 0 Å². The molecule has 0 aromatic carbocycles. The van der Waals surface area contributed by atoms with E-state index in [1.165, 1.54) is 6.42 Å². The first-order valence-corrected chi connectivity index (χ1v) is 7.00. The van der Waals surface area contributed by atoms with Crippen molar-refractivity contribution in [1.82, 2.24) is 9.80 Å². The summed E-state index contributed by atoms with van der Waals surface area (Å²) in [5, 5.41) is 0. The molecule has 1 aliphatic rings. The third kappa shape index (κ3) is 4.94. The van der Waals surface area contributed by atoms with Crippen molar-refractivity contribution < 1.29 is 4.79 Å². The Labute approximate surface area is 111 Å². The van der Waals surface area contributed by atoms with E-state index in [2.05, 4.69) is 25.7 Å². The zero-order chi connectivity index (χ0) is 13.8. The van der Waals surface area contributed by atoms with Gasteiger partial charge in [0, 0.05) is 19.6 Å². The van der Waals surface area contributed by atoms with Gasteiger partial charge in [-0.15, -0.1) is 0 Å². The Morgan fingerprint density at radius 3 is 2.72 bits per heavy atom. The molecule has 1 saturated heterocycles. The highest BCUT2D eigenvalue weighted by Gasteiger charge is 2.24. The summed E-state index contributed by atoms with van der Waals surface area (Å²) in [6.07, 6.45) is 2.39. The standard InChI is InChI=1S/C14H29N3O/c1-12-6-5-7-17(8-12)13(18)9-16(4)11-14(2,3)10-15/h12H,5-11,15H2,1-4H3. The van der Waals surface area contributed by atoms with Crippen LogP contribution in [-0.4, -0.2) is 55.5 Å². The summed E-state index contributed by atoms with van der Waals surface area (Å²) >= 11 is 0. The van der Waals surface area contributed by atoms with E-state index in [1.807, 2.05) is 11.9 Å². The molecule has 1 unspecified atom stereocenters. The SMILES string of the molecule is CC1CCCN(C(=O)CN(C)CC(C)(C)CN)C1. The van der Waals surface area contributed by atoms with Gasteiger partial charge in [-0.05, 0) is 37.8 Å². The molecule has 106 valence electrons. The lowest BCUT2D eigenvalue weighted by atomic mass is 9.93. The summed E-state index contributed by atoms with van der Waals surface area (Å²) < 4.78 is 0. The van der Waals surface area contributed by atoms with Crippen LogP contribution in [-0.2, 0) is 4.79 Å². The molecule has 0 spiro atoms. The van der Waals surface area contributed by atoms with Crippen LogP contribution >= 0.6 is 0 Å². The Morgan fingerprint density at radius 1 is 1.50 bits per heavy atom. The average molecular weight is 255 g/mol. The van der Waals surface area contributed by atoms with Crippen molar-refractivity contribution in [2.45, 2.75) is 33.6 Å². The smallest absolute Gasteiger partial charge is 0.236 e. The number of nitrogens with two attached hydrogens (primary N) is 1. The molecule has 0 aromatic heterocycles. The van der Waals surface area contributed by atoms with Crippen molar-refractivity contribution in [2.24, 2.45) is 17.1 Å². The van der Waals surface area contributed by atoms with Crippen molar-refractivity contribution in [3.63, 3.8) is 0 Å². The van der Waals surface area contributed by atoms with Crippen LogP contribution in [0.5, 0.6) is 0 Å². The molecule has 0 aliphatic carbocycles. The van der Waals surface area contributed by atoms with Crippen LogP contribution in [0.3, 0.4) is 0 Å². The molecule has 0 bridgehead atoms. The van der Waals surface area contributed by atoms with Crippen LogP contribution < -0.4 is 5.73 Å². The van der Waals surface area contributed by atoms with E-state index in [0.29, 0.717) is 19.0 Å². The van der Waals surface area contributed by atoms with E-state index in [-0.39, 0.29) is 11.3 Å². The Balaban J connectivity index is 2.39. The molecular formula is C14H29N3O. The molecule has 4 nitrogen and oxygen atoms in total. The zero-order valence-electron chi connectivity index (χ0n) is 12.4. The maximum atomic E-state index is 12.2. The molecule has 1 rings (SSSR count).